The molecule has 0 spiro atoms. The normalized spacial score (nSPS) is 12.6. The maximum absolute atomic E-state index is 12.0. The van der Waals surface area contributed by atoms with Crippen molar-refractivity contribution in [2.45, 2.75) is 26.9 Å². The molecule has 0 aliphatic carbocycles. The van der Waals surface area contributed by atoms with E-state index >= 15 is 0 Å². The highest BCUT2D eigenvalue weighted by molar-refractivity contribution is 6.41. The number of carbonyl (C=O) groups is 1. The number of oxime groups is 2. The fourth-order valence-corrected chi connectivity index (χ4v) is 2.11. The number of ether oxygens (including phenoxy) is 2. The quantitative estimate of drug-likeness (QED) is 0.225. The molecule has 0 radical (unpaired) electrons. The van der Waals surface area contributed by atoms with Crippen LogP contribution in [0.15, 0.2) is 40.8 Å². The van der Waals surface area contributed by atoms with Gasteiger partial charge in [0.05, 0.1) is 20.5 Å². The third-order valence-electron chi connectivity index (χ3n) is 3.32. The minimum atomic E-state index is -0.491. The van der Waals surface area contributed by atoms with E-state index in [2.05, 4.69) is 10.3 Å². The Kier molecular flexibility index (Phi) is 8.78. The first-order valence-electron chi connectivity index (χ1n) is 7.75. The molecule has 0 atom stereocenters. The van der Waals surface area contributed by atoms with Gasteiger partial charge in [-0.3, -0.25) is 0 Å². The van der Waals surface area contributed by atoms with Crippen LogP contribution in [0.25, 0.3) is 5.57 Å². The van der Waals surface area contributed by atoms with Gasteiger partial charge in [-0.15, -0.1) is 0 Å². The summed E-state index contributed by atoms with van der Waals surface area (Å²) >= 11 is 0. The number of esters is 1. The van der Waals surface area contributed by atoms with Crippen LogP contribution in [0.5, 0.6) is 0 Å². The van der Waals surface area contributed by atoms with Crippen LogP contribution in [0.3, 0.4) is 0 Å². The third kappa shape index (κ3) is 5.95. The zero-order chi connectivity index (χ0) is 18.7. The van der Waals surface area contributed by atoms with E-state index in [1.54, 1.807) is 13.0 Å². The molecule has 25 heavy (non-hydrogen) atoms. The minimum absolute atomic E-state index is 0.176. The fourth-order valence-electron chi connectivity index (χ4n) is 2.11. The van der Waals surface area contributed by atoms with Crippen molar-refractivity contribution >= 4 is 23.0 Å². The van der Waals surface area contributed by atoms with E-state index in [1.807, 2.05) is 25.1 Å². The SMILES string of the molecule is CCC(=N\OC)/C(C)=N/OCc1ccccc1/C(=C\OC)C(=O)OC. The fraction of sp³-hybridized carbons (Fsp3) is 0.389. The number of carbonyl (C=O) groups excluding carboxylic acids is 1. The van der Waals surface area contributed by atoms with Crippen LogP contribution < -0.4 is 0 Å². The molecule has 0 bridgehead atoms. The lowest BCUT2D eigenvalue weighted by atomic mass is 10.0. The van der Waals surface area contributed by atoms with Crippen molar-refractivity contribution in [3.8, 4) is 0 Å². The van der Waals surface area contributed by atoms with Gasteiger partial charge in [0.25, 0.3) is 0 Å². The van der Waals surface area contributed by atoms with Crippen LogP contribution in [-0.2, 0) is 30.6 Å². The van der Waals surface area contributed by atoms with Crippen LogP contribution >= 0.6 is 0 Å². The molecule has 7 nitrogen and oxygen atoms in total. The average Bonchev–Trinajstić information content (AvgIpc) is 2.64. The molecule has 0 saturated carbocycles. The highest BCUT2D eigenvalue weighted by Crippen LogP contribution is 2.21. The average molecular weight is 348 g/mol. The lowest BCUT2D eigenvalue weighted by molar-refractivity contribution is -0.133. The van der Waals surface area contributed by atoms with Crippen LogP contribution in [0, 0.1) is 0 Å². The Morgan fingerprint density at radius 1 is 1.16 bits per heavy atom. The zero-order valence-electron chi connectivity index (χ0n) is 15.2. The minimum Gasteiger partial charge on any atom is -0.503 e. The van der Waals surface area contributed by atoms with E-state index in [9.17, 15) is 4.79 Å². The third-order valence-corrected chi connectivity index (χ3v) is 3.32. The van der Waals surface area contributed by atoms with Crippen molar-refractivity contribution in [1.29, 1.82) is 0 Å². The van der Waals surface area contributed by atoms with E-state index in [0.29, 0.717) is 29.0 Å². The van der Waals surface area contributed by atoms with Gasteiger partial charge in [0.1, 0.15) is 30.7 Å². The molecule has 1 aromatic rings. The van der Waals surface area contributed by atoms with Crippen molar-refractivity contribution in [2.24, 2.45) is 10.3 Å². The van der Waals surface area contributed by atoms with Crippen molar-refractivity contribution in [3.63, 3.8) is 0 Å². The number of nitrogens with zero attached hydrogens (tertiary/aromatic N) is 2. The molecule has 0 heterocycles. The Balaban J connectivity index is 3.00. The molecule has 0 fully saturated rings. The van der Waals surface area contributed by atoms with Gasteiger partial charge in [0, 0.05) is 5.56 Å². The Bertz CT molecular complexity index is 665. The summed E-state index contributed by atoms with van der Waals surface area (Å²) in [5.74, 6) is -0.491. The predicted octanol–water partition coefficient (Wildman–Crippen LogP) is 3.15. The molecular formula is C18H24N2O5. The molecule has 0 aliphatic heterocycles. The highest BCUT2D eigenvalue weighted by Gasteiger charge is 2.16. The monoisotopic (exact) mass is 348 g/mol. The Morgan fingerprint density at radius 2 is 1.88 bits per heavy atom. The molecule has 136 valence electrons. The second-order valence-electron chi connectivity index (χ2n) is 4.94. The van der Waals surface area contributed by atoms with Gasteiger partial charge in [-0.25, -0.2) is 4.79 Å². The smallest absolute Gasteiger partial charge is 0.341 e. The van der Waals surface area contributed by atoms with Crippen LogP contribution in [0.1, 0.15) is 31.4 Å². The first kappa shape index (κ1) is 20.2. The number of hydrogen-bond acceptors (Lipinski definition) is 7. The summed E-state index contributed by atoms with van der Waals surface area (Å²) in [5, 5.41) is 7.95. The van der Waals surface area contributed by atoms with Gasteiger partial charge in [-0.05, 0) is 18.9 Å². The van der Waals surface area contributed by atoms with Crippen LogP contribution in [-0.4, -0.2) is 38.7 Å². The van der Waals surface area contributed by atoms with Crippen molar-refractivity contribution < 1.29 is 23.9 Å². The number of rotatable bonds is 9. The topological polar surface area (TPSA) is 78.7 Å². The van der Waals surface area contributed by atoms with Gasteiger partial charge in [-0.1, -0.05) is 41.5 Å². The summed E-state index contributed by atoms with van der Waals surface area (Å²) < 4.78 is 9.80. The molecule has 0 aliphatic rings. The summed E-state index contributed by atoms with van der Waals surface area (Å²) in [6, 6.07) is 7.31. The van der Waals surface area contributed by atoms with Gasteiger partial charge in [0.15, 0.2) is 0 Å². The summed E-state index contributed by atoms with van der Waals surface area (Å²) in [6.07, 6.45) is 2.02. The molecule has 0 amide bonds. The van der Waals surface area contributed by atoms with Gasteiger partial charge >= 0.3 is 5.97 Å². The summed E-state index contributed by atoms with van der Waals surface area (Å²) in [6.45, 7) is 3.91. The van der Waals surface area contributed by atoms with E-state index < -0.39 is 5.97 Å². The first-order chi connectivity index (χ1) is 12.1. The van der Waals surface area contributed by atoms with E-state index in [4.69, 9.17) is 19.1 Å². The largest absolute Gasteiger partial charge is 0.503 e. The maximum atomic E-state index is 12.0. The second kappa shape index (κ2) is 10.9. The summed E-state index contributed by atoms with van der Waals surface area (Å²) in [7, 11) is 4.27. The number of hydrogen-bond donors (Lipinski definition) is 0. The van der Waals surface area contributed by atoms with Crippen molar-refractivity contribution in [3.05, 3.63) is 41.7 Å². The lowest BCUT2D eigenvalue weighted by Crippen LogP contribution is -2.11. The molecule has 0 unspecified atom stereocenters. The molecule has 0 aromatic heterocycles. The number of methoxy groups -OCH3 is 2. The maximum Gasteiger partial charge on any atom is 0.341 e. The Morgan fingerprint density at radius 3 is 2.48 bits per heavy atom. The standard InChI is InChI=1S/C18H24N2O5/c1-6-17(20-24-5)13(2)19-25-11-14-9-7-8-10-15(14)16(12-22-3)18(21)23-4/h7-10,12H,6,11H2,1-5H3/b16-12+,19-13+,20-17+. The van der Waals surface area contributed by atoms with Crippen molar-refractivity contribution in [2.75, 3.05) is 21.3 Å². The Labute approximate surface area is 147 Å². The van der Waals surface area contributed by atoms with Crippen molar-refractivity contribution in [1.82, 2.24) is 0 Å². The Hall–Kier alpha value is -2.83. The van der Waals surface area contributed by atoms with Crippen LogP contribution in [0.4, 0.5) is 0 Å². The molecule has 0 N–H and O–H groups in total. The van der Waals surface area contributed by atoms with Crippen LogP contribution in [0.2, 0.25) is 0 Å². The van der Waals surface area contributed by atoms with E-state index in [-0.39, 0.29) is 6.61 Å². The molecule has 1 rings (SSSR count). The summed E-state index contributed by atoms with van der Waals surface area (Å²) in [5.41, 5.74) is 3.06. The lowest BCUT2D eigenvalue weighted by Gasteiger charge is -2.11. The molecular weight excluding hydrogens is 324 g/mol. The molecule has 7 heteroatoms. The van der Waals surface area contributed by atoms with E-state index in [0.717, 1.165) is 5.56 Å². The molecule has 0 saturated heterocycles. The van der Waals surface area contributed by atoms with Gasteiger partial charge in [-0.2, -0.15) is 0 Å². The van der Waals surface area contributed by atoms with Gasteiger partial charge < -0.3 is 19.1 Å². The first-order valence-corrected chi connectivity index (χ1v) is 7.75. The zero-order valence-corrected chi connectivity index (χ0v) is 15.2. The highest BCUT2D eigenvalue weighted by atomic mass is 16.6. The molecule has 1 aromatic carbocycles. The second-order valence-corrected chi connectivity index (χ2v) is 4.94. The summed E-state index contributed by atoms with van der Waals surface area (Å²) in [4.78, 5) is 22.2. The predicted molar refractivity (Wildman–Crippen MR) is 96.1 cm³/mol. The number of benzene rings is 1. The van der Waals surface area contributed by atoms with Gasteiger partial charge in [0.2, 0.25) is 0 Å². The van der Waals surface area contributed by atoms with E-state index in [1.165, 1.54) is 27.6 Å².